The van der Waals surface area contributed by atoms with Crippen molar-refractivity contribution in [3.05, 3.63) is 41.2 Å². The Bertz CT molecular complexity index is 622. The first-order chi connectivity index (χ1) is 9.65. The third-order valence-electron chi connectivity index (χ3n) is 3.59. The Morgan fingerprint density at radius 2 is 2.25 bits per heavy atom. The van der Waals surface area contributed by atoms with Crippen LogP contribution in [0.5, 0.6) is 11.5 Å². The molecule has 1 aromatic carbocycles. The number of nitrogens with zero attached hydrogens (tertiary/aromatic N) is 2. The summed E-state index contributed by atoms with van der Waals surface area (Å²) in [7, 11) is 1.94. The van der Waals surface area contributed by atoms with Gasteiger partial charge in [-0.2, -0.15) is 5.10 Å². The van der Waals surface area contributed by atoms with E-state index in [-0.39, 0.29) is 6.04 Å². The summed E-state index contributed by atoms with van der Waals surface area (Å²) in [4.78, 5) is 0. The lowest BCUT2D eigenvalue weighted by molar-refractivity contribution is 0.173. The van der Waals surface area contributed by atoms with Crippen LogP contribution in [-0.4, -0.2) is 16.6 Å². The lowest BCUT2D eigenvalue weighted by Crippen LogP contribution is -2.18. The highest BCUT2D eigenvalue weighted by molar-refractivity contribution is 5.48. The van der Waals surface area contributed by atoms with Crippen molar-refractivity contribution in [2.45, 2.75) is 26.4 Å². The van der Waals surface area contributed by atoms with E-state index in [4.69, 9.17) is 9.47 Å². The van der Waals surface area contributed by atoms with Crippen LogP contribution in [0.15, 0.2) is 24.4 Å². The molecule has 0 fully saturated rings. The highest BCUT2D eigenvalue weighted by atomic mass is 16.7. The third kappa shape index (κ3) is 2.36. The second-order valence-corrected chi connectivity index (χ2v) is 5.10. The molecule has 3 rings (SSSR count). The second kappa shape index (κ2) is 5.17. The van der Waals surface area contributed by atoms with E-state index in [0.29, 0.717) is 6.79 Å². The molecule has 0 aliphatic carbocycles. The van der Waals surface area contributed by atoms with Crippen LogP contribution in [0.25, 0.3) is 0 Å². The van der Waals surface area contributed by atoms with Gasteiger partial charge in [0, 0.05) is 37.0 Å². The van der Waals surface area contributed by atoms with Gasteiger partial charge in [0.25, 0.3) is 0 Å². The van der Waals surface area contributed by atoms with Crippen LogP contribution in [0.2, 0.25) is 0 Å². The number of fused-ring (bicyclic) bond motifs is 1. The Balaban J connectivity index is 1.71. The number of para-hydroxylation sites is 1. The third-order valence-corrected chi connectivity index (χ3v) is 3.59. The fourth-order valence-corrected chi connectivity index (χ4v) is 2.55. The van der Waals surface area contributed by atoms with Gasteiger partial charge in [0.2, 0.25) is 6.79 Å². The van der Waals surface area contributed by atoms with Gasteiger partial charge in [-0.15, -0.1) is 0 Å². The Labute approximate surface area is 118 Å². The summed E-state index contributed by atoms with van der Waals surface area (Å²) in [5.74, 6) is 1.68. The predicted octanol–water partition coefficient (Wildman–Crippen LogP) is 2.31. The van der Waals surface area contributed by atoms with Crippen molar-refractivity contribution in [2.24, 2.45) is 7.05 Å². The maximum absolute atomic E-state index is 5.52. The van der Waals surface area contributed by atoms with Gasteiger partial charge in [-0.1, -0.05) is 12.1 Å². The molecule has 0 spiro atoms. The molecule has 1 N–H and O–H groups in total. The number of nitrogens with one attached hydrogen (secondary N) is 1. The first-order valence-electron chi connectivity index (χ1n) is 6.76. The van der Waals surface area contributed by atoms with Crippen molar-refractivity contribution in [3.8, 4) is 11.5 Å². The minimum Gasteiger partial charge on any atom is -0.454 e. The van der Waals surface area contributed by atoms with E-state index in [9.17, 15) is 0 Å². The molecule has 2 heterocycles. The molecular weight excluding hydrogens is 254 g/mol. The Morgan fingerprint density at radius 1 is 1.40 bits per heavy atom. The quantitative estimate of drug-likeness (QED) is 0.928. The molecule has 2 aromatic rings. The fourth-order valence-electron chi connectivity index (χ4n) is 2.55. The van der Waals surface area contributed by atoms with Gasteiger partial charge in [0.05, 0.1) is 5.69 Å². The van der Waals surface area contributed by atoms with E-state index in [1.54, 1.807) is 0 Å². The monoisotopic (exact) mass is 273 g/mol. The number of aromatic nitrogens is 2. The van der Waals surface area contributed by atoms with Gasteiger partial charge >= 0.3 is 0 Å². The number of hydrogen-bond donors (Lipinski definition) is 1. The maximum atomic E-state index is 5.52. The molecule has 5 nitrogen and oxygen atoms in total. The van der Waals surface area contributed by atoms with Crippen molar-refractivity contribution in [1.29, 1.82) is 0 Å². The molecule has 1 aromatic heterocycles. The Kier molecular flexibility index (Phi) is 3.36. The Morgan fingerprint density at radius 3 is 3.00 bits per heavy atom. The number of rotatable bonds is 4. The fraction of sp³-hybridized carbons (Fsp3) is 0.400. The van der Waals surface area contributed by atoms with E-state index >= 15 is 0 Å². The molecule has 106 valence electrons. The van der Waals surface area contributed by atoms with E-state index in [1.807, 2.05) is 30.8 Å². The van der Waals surface area contributed by atoms with Crippen LogP contribution in [0.3, 0.4) is 0 Å². The van der Waals surface area contributed by atoms with E-state index in [1.165, 1.54) is 5.56 Å². The zero-order chi connectivity index (χ0) is 14.1. The molecule has 20 heavy (non-hydrogen) atoms. The Hall–Kier alpha value is -2.01. The molecule has 0 unspecified atom stereocenters. The lowest BCUT2D eigenvalue weighted by Gasteiger charge is -2.14. The smallest absolute Gasteiger partial charge is 0.231 e. The summed E-state index contributed by atoms with van der Waals surface area (Å²) >= 11 is 0. The summed E-state index contributed by atoms with van der Waals surface area (Å²) in [5, 5.41) is 7.89. The largest absolute Gasteiger partial charge is 0.454 e. The topological polar surface area (TPSA) is 48.3 Å². The van der Waals surface area contributed by atoms with Gasteiger partial charge in [0.1, 0.15) is 0 Å². The minimum atomic E-state index is 0.238. The summed E-state index contributed by atoms with van der Waals surface area (Å²) in [6.45, 7) is 5.22. The van der Waals surface area contributed by atoms with Gasteiger partial charge in [-0.05, 0) is 19.9 Å². The SMILES string of the molecule is Cc1nn(C)cc1[C@H](C)NCc1cccc2c1OCO2. The highest BCUT2D eigenvalue weighted by Crippen LogP contribution is 2.35. The van der Waals surface area contributed by atoms with Crippen LogP contribution in [-0.2, 0) is 13.6 Å². The second-order valence-electron chi connectivity index (χ2n) is 5.10. The van der Waals surface area contributed by atoms with E-state index in [2.05, 4.69) is 29.6 Å². The molecule has 0 saturated heterocycles. The summed E-state index contributed by atoms with van der Waals surface area (Å²) in [6, 6.07) is 6.22. The van der Waals surface area contributed by atoms with Crippen molar-refractivity contribution >= 4 is 0 Å². The summed E-state index contributed by atoms with van der Waals surface area (Å²) in [6.07, 6.45) is 2.06. The summed E-state index contributed by atoms with van der Waals surface area (Å²) in [5.41, 5.74) is 3.40. The molecular formula is C15H19N3O2. The van der Waals surface area contributed by atoms with Crippen molar-refractivity contribution in [1.82, 2.24) is 15.1 Å². The zero-order valence-electron chi connectivity index (χ0n) is 12.0. The highest BCUT2D eigenvalue weighted by Gasteiger charge is 2.18. The maximum Gasteiger partial charge on any atom is 0.231 e. The van der Waals surface area contributed by atoms with Gasteiger partial charge in [0.15, 0.2) is 11.5 Å². The normalized spacial score (nSPS) is 14.6. The van der Waals surface area contributed by atoms with E-state index < -0.39 is 0 Å². The minimum absolute atomic E-state index is 0.238. The first-order valence-corrected chi connectivity index (χ1v) is 6.76. The number of hydrogen-bond acceptors (Lipinski definition) is 4. The standard InChI is InChI=1S/C15H19N3O2/c1-10(13-8-18(3)17-11(13)2)16-7-12-5-4-6-14-15(12)20-9-19-14/h4-6,8,10,16H,7,9H2,1-3H3/t10-/m0/s1. The number of aryl methyl sites for hydroxylation is 2. The summed E-state index contributed by atoms with van der Waals surface area (Å²) < 4.78 is 12.8. The molecule has 1 aliphatic heterocycles. The average molecular weight is 273 g/mol. The first kappa shape index (κ1) is 13.0. The predicted molar refractivity (Wildman–Crippen MR) is 75.8 cm³/mol. The van der Waals surface area contributed by atoms with Gasteiger partial charge < -0.3 is 14.8 Å². The molecule has 1 aliphatic rings. The molecule has 0 amide bonds. The van der Waals surface area contributed by atoms with E-state index in [0.717, 1.165) is 29.3 Å². The average Bonchev–Trinajstić information content (AvgIpc) is 3.02. The molecule has 0 bridgehead atoms. The molecule has 0 radical (unpaired) electrons. The molecule has 1 atom stereocenters. The van der Waals surface area contributed by atoms with Crippen LogP contribution in [0.1, 0.15) is 29.8 Å². The number of ether oxygens (including phenoxy) is 2. The lowest BCUT2D eigenvalue weighted by atomic mass is 10.1. The van der Waals surface area contributed by atoms with Crippen LogP contribution in [0.4, 0.5) is 0 Å². The van der Waals surface area contributed by atoms with Crippen molar-refractivity contribution in [3.63, 3.8) is 0 Å². The van der Waals surface area contributed by atoms with Gasteiger partial charge in [-0.25, -0.2) is 0 Å². The number of benzene rings is 1. The van der Waals surface area contributed by atoms with Gasteiger partial charge in [-0.3, -0.25) is 4.68 Å². The van der Waals surface area contributed by atoms with Crippen LogP contribution < -0.4 is 14.8 Å². The van der Waals surface area contributed by atoms with Crippen molar-refractivity contribution < 1.29 is 9.47 Å². The van der Waals surface area contributed by atoms with Crippen molar-refractivity contribution in [2.75, 3.05) is 6.79 Å². The van der Waals surface area contributed by atoms with Crippen LogP contribution >= 0.6 is 0 Å². The molecule has 0 saturated carbocycles. The zero-order valence-corrected chi connectivity index (χ0v) is 12.0. The van der Waals surface area contributed by atoms with Crippen LogP contribution in [0, 0.1) is 6.92 Å². The molecule has 5 heteroatoms.